The van der Waals surface area contributed by atoms with Crippen LogP contribution in [0.4, 0.5) is 0 Å². The predicted octanol–water partition coefficient (Wildman–Crippen LogP) is 1.44. The Balaban J connectivity index is 2.60. The van der Waals surface area contributed by atoms with Crippen molar-refractivity contribution in [3.05, 3.63) is 10.5 Å². The second-order valence-electron chi connectivity index (χ2n) is 4.28. The van der Waals surface area contributed by atoms with E-state index in [1.54, 1.807) is 9.25 Å². The molecule has 2 aromatic rings. The molecule has 6 nitrogen and oxygen atoms in total. The number of fused-ring (bicyclic) bond motifs is 1. The number of nitrogens with one attached hydrogen (secondary N) is 2. The number of carbonyl (C=O) groups excluding carboxylic acids is 1. The molecule has 7 heteroatoms. The van der Waals surface area contributed by atoms with Gasteiger partial charge in [-0.15, -0.1) is 0 Å². The molecule has 0 aliphatic heterocycles. The van der Waals surface area contributed by atoms with Gasteiger partial charge in [-0.3, -0.25) is 14.0 Å². The molecule has 0 aliphatic rings. The van der Waals surface area contributed by atoms with Gasteiger partial charge in [0.05, 0.1) is 5.69 Å². The van der Waals surface area contributed by atoms with Crippen LogP contribution in [0.3, 0.4) is 0 Å². The lowest BCUT2D eigenvalue weighted by molar-refractivity contribution is -0.123. The number of nitrogens with zero attached hydrogens (tertiary/aromatic N) is 3. The minimum atomic E-state index is -0.360. The Labute approximate surface area is 110 Å². The summed E-state index contributed by atoms with van der Waals surface area (Å²) in [5, 5.41) is 7.13. The van der Waals surface area contributed by atoms with Gasteiger partial charge in [-0.1, -0.05) is 0 Å². The van der Waals surface area contributed by atoms with Crippen molar-refractivity contribution in [2.24, 2.45) is 7.05 Å². The maximum atomic E-state index is 11.9. The van der Waals surface area contributed by atoms with E-state index >= 15 is 0 Å². The number of aromatic nitrogens is 4. The molecule has 0 saturated carbocycles. The van der Waals surface area contributed by atoms with Crippen molar-refractivity contribution >= 4 is 29.3 Å². The number of H-pyrrole nitrogens is 1. The number of hydrogen-bond donors (Lipinski definition) is 2. The highest BCUT2D eigenvalue weighted by molar-refractivity contribution is 7.71. The molecule has 0 bridgehead atoms. The van der Waals surface area contributed by atoms with Gasteiger partial charge in [-0.25, -0.2) is 0 Å². The Morgan fingerprint density at radius 1 is 1.61 bits per heavy atom. The SMILES string of the molecule is CCNC(=O)C(C)n1c(=S)[nH]c2c(C)nn(C)c21. The second kappa shape index (κ2) is 4.56. The van der Waals surface area contributed by atoms with E-state index in [-0.39, 0.29) is 11.9 Å². The molecule has 18 heavy (non-hydrogen) atoms. The van der Waals surface area contributed by atoms with Gasteiger partial charge in [-0.05, 0) is 33.0 Å². The lowest BCUT2D eigenvalue weighted by Crippen LogP contribution is -2.31. The highest BCUT2D eigenvalue weighted by Gasteiger charge is 2.21. The molecule has 0 fully saturated rings. The van der Waals surface area contributed by atoms with Gasteiger partial charge in [0.25, 0.3) is 0 Å². The topological polar surface area (TPSA) is 67.6 Å². The molecular formula is C11H17N5OS. The summed E-state index contributed by atoms with van der Waals surface area (Å²) in [4.78, 5) is 15.0. The van der Waals surface area contributed by atoms with Crippen molar-refractivity contribution < 1.29 is 4.79 Å². The number of carbonyl (C=O) groups is 1. The third-order valence-electron chi connectivity index (χ3n) is 2.99. The minimum Gasteiger partial charge on any atom is -0.355 e. The van der Waals surface area contributed by atoms with Gasteiger partial charge >= 0.3 is 0 Å². The number of amides is 1. The molecule has 2 N–H and O–H groups in total. The maximum absolute atomic E-state index is 11.9. The third-order valence-corrected chi connectivity index (χ3v) is 3.29. The molecule has 1 unspecified atom stereocenters. The molecular weight excluding hydrogens is 250 g/mol. The van der Waals surface area contributed by atoms with E-state index in [2.05, 4.69) is 15.4 Å². The van der Waals surface area contributed by atoms with Gasteiger partial charge in [-0.2, -0.15) is 5.10 Å². The molecule has 1 amide bonds. The van der Waals surface area contributed by atoms with Crippen LogP contribution in [-0.4, -0.2) is 31.8 Å². The smallest absolute Gasteiger partial charge is 0.242 e. The molecule has 0 aliphatic carbocycles. The third kappa shape index (κ3) is 1.84. The van der Waals surface area contributed by atoms with Crippen molar-refractivity contribution in [2.75, 3.05) is 6.54 Å². The summed E-state index contributed by atoms with van der Waals surface area (Å²) in [7, 11) is 1.85. The summed E-state index contributed by atoms with van der Waals surface area (Å²) in [5.41, 5.74) is 2.61. The van der Waals surface area contributed by atoms with Crippen LogP contribution in [0.25, 0.3) is 11.2 Å². The first kappa shape index (κ1) is 12.8. The Bertz CT molecular complexity index is 650. The van der Waals surface area contributed by atoms with Crippen LogP contribution in [0.15, 0.2) is 0 Å². The van der Waals surface area contributed by atoms with E-state index in [1.807, 2.05) is 27.8 Å². The molecule has 2 rings (SSSR count). The van der Waals surface area contributed by atoms with E-state index in [9.17, 15) is 4.79 Å². The van der Waals surface area contributed by atoms with Crippen LogP contribution in [-0.2, 0) is 11.8 Å². The Morgan fingerprint density at radius 3 is 2.89 bits per heavy atom. The number of aromatic amines is 1. The highest BCUT2D eigenvalue weighted by Crippen LogP contribution is 2.21. The molecule has 1 atom stereocenters. The fourth-order valence-corrected chi connectivity index (χ4v) is 2.48. The molecule has 2 heterocycles. The normalized spacial score (nSPS) is 12.9. The summed E-state index contributed by atoms with van der Waals surface area (Å²) in [6, 6.07) is -0.360. The predicted molar refractivity (Wildman–Crippen MR) is 72.0 cm³/mol. The van der Waals surface area contributed by atoms with Gasteiger partial charge in [0.15, 0.2) is 10.4 Å². The van der Waals surface area contributed by atoms with Crippen molar-refractivity contribution in [3.63, 3.8) is 0 Å². The van der Waals surface area contributed by atoms with E-state index < -0.39 is 0 Å². The second-order valence-corrected chi connectivity index (χ2v) is 4.67. The lowest BCUT2D eigenvalue weighted by Gasteiger charge is -2.13. The number of likely N-dealkylation sites (N-methyl/N-ethyl adjacent to an activating group) is 1. The van der Waals surface area contributed by atoms with Crippen LogP contribution in [0.2, 0.25) is 0 Å². The zero-order valence-corrected chi connectivity index (χ0v) is 11.8. The first-order valence-corrected chi connectivity index (χ1v) is 6.29. The molecule has 0 saturated heterocycles. The number of hydrogen-bond acceptors (Lipinski definition) is 3. The largest absolute Gasteiger partial charge is 0.355 e. The van der Waals surface area contributed by atoms with Crippen molar-refractivity contribution in [1.82, 2.24) is 24.6 Å². The summed E-state index contributed by atoms with van der Waals surface area (Å²) in [6.07, 6.45) is 0. The van der Waals surface area contributed by atoms with Gasteiger partial charge in [0, 0.05) is 13.6 Å². The quantitative estimate of drug-likeness (QED) is 0.827. The summed E-state index contributed by atoms with van der Waals surface area (Å²) < 4.78 is 4.09. The van der Waals surface area contributed by atoms with Crippen molar-refractivity contribution in [1.29, 1.82) is 0 Å². The first-order chi connectivity index (χ1) is 8.47. The summed E-state index contributed by atoms with van der Waals surface area (Å²) >= 11 is 5.29. The fourth-order valence-electron chi connectivity index (χ4n) is 2.13. The van der Waals surface area contributed by atoms with Gasteiger partial charge in [0.1, 0.15) is 11.6 Å². The van der Waals surface area contributed by atoms with Crippen LogP contribution in [0.5, 0.6) is 0 Å². The number of imidazole rings is 1. The molecule has 98 valence electrons. The van der Waals surface area contributed by atoms with Crippen LogP contribution < -0.4 is 5.32 Å². The van der Waals surface area contributed by atoms with Crippen LogP contribution >= 0.6 is 12.2 Å². The molecule has 0 spiro atoms. The number of rotatable bonds is 3. The Morgan fingerprint density at radius 2 is 2.28 bits per heavy atom. The minimum absolute atomic E-state index is 0.0478. The zero-order chi connectivity index (χ0) is 13.4. The Hall–Kier alpha value is -1.63. The average Bonchev–Trinajstić information content (AvgIpc) is 2.77. The molecule has 2 aromatic heterocycles. The summed E-state index contributed by atoms with van der Waals surface area (Å²) in [5.74, 6) is -0.0478. The number of aryl methyl sites for hydroxylation is 2. The van der Waals surface area contributed by atoms with Gasteiger partial charge in [0.2, 0.25) is 5.91 Å². The van der Waals surface area contributed by atoms with Crippen LogP contribution in [0.1, 0.15) is 25.6 Å². The van der Waals surface area contributed by atoms with E-state index in [1.165, 1.54) is 0 Å². The fraction of sp³-hybridized carbons (Fsp3) is 0.545. The Kier molecular flexibility index (Phi) is 3.25. The van der Waals surface area contributed by atoms with E-state index in [0.717, 1.165) is 16.9 Å². The molecule has 0 radical (unpaired) electrons. The van der Waals surface area contributed by atoms with Crippen molar-refractivity contribution in [3.8, 4) is 0 Å². The zero-order valence-electron chi connectivity index (χ0n) is 10.9. The first-order valence-electron chi connectivity index (χ1n) is 5.88. The standard InChI is InChI=1S/C11H17N5OS/c1-5-12-9(17)7(3)16-10-8(13-11(16)18)6(2)14-15(10)4/h7H,5H2,1-4H3,(H,12,17)(H,13,18). The highest BCUT2D eigenvalue weighted by atomic mass is 32.1. The summed E-state index contributed by atoms with van der Waals surface area (Å²) in [6.45, 7) is 6.24. The maximum Gasteiger partial charge on any atom is 0.242 e. The van der Waals surface area contributed by atoms with Gasteiger partial charge < -0.3 is 10.3 Å². The molecule has 0 aromatic carbocycles. The van der Waals surface area contributed by atoms with E-state index in [4.69, 9.17) is 12.2 Å². The van der Waals surface area contributed by atoms with Crippen molar-refractivity contribution in [2.45, 2.75) is 26.8 Å². The van der Waals surface area contributed by atoms with Crippen LogP contribution in [0, 0.1) is 11.7 Å². The monoisotopic (exact) mass is 267 g/mol. The average molecular weight is 267 g/mol. The lowest BCUT2D eigenvalue weighted by atomic mass is 10.3. The van der Waals surface area contributed by atoms with E-state index in [0.29, 0.717) is 11.3 Å².